The summed E-state index contributed by atoms with van der Waals surface area (Å²) < 4.78 is 0. The highest BCUT2D eigenvalue weighted by molar-refractivity contribution is 5.65. The van der Waals surface area contributed by atoms with Crippen molar-refractivity contribution in [3.8, 4) is 0 Å². The van der Waals surface area contributed by atoms with Crippen LogP contribution in [0.25, 0.3) is 4.85 Å². The largest absolute Gasteiger partial charge is 0.363 e. The maximum atomic E-state index is 7.37. The molecule has 1 aromatic rings. The first-order chi connectivity index (χ1) is 8.88. The number of rotatable bonds is 1. The van der Waals surface area contributed by atoms with Crippen LogP contribution in [0.4, 0.5) is 5.69 Å². The Hall–Kier alpha value is -1.95. The molecule has 2 rings (SSSR count). The van der Waals surface area contributed by atoms with Gasteiger partial charge in [0.1, 0.15) is 5.69 Å². The van der Waals surface area contributed by atoms with E-state index < -0.39 is 0 Å². The lowest BCUT2D eigenvalue weighted by Crippen LogP contribution is -2.35. The molecule has 0 amide bonds. The second-order valence-electron chi connectivity index (χ2n) is 5.35. The third kappa shape index (κ3) is 1.98. The average Bonchev–Trinajstić information content (AvgIpc) is 2.67. The third-order valence-electron chi connectivity index (χ3n) is 4.36. The molecular formula is C16H21N3. The monoisotopic (exact) mass is 255 g/mol. The highest BCUT2D eigenvalue weighted by atomic mass is 15.4. The number of anilines is 1. The van der Waals surface area contributed by atoms with Crippen LogP contribution in [0.15, 0.2) is 18.1 Å². The maximum Gasteiger partial charge on any atom is 0.247 e. The molecule has 100 valence electrons. The molecule has 1 atom stereocenters. The highest BCUT2D eigenvalue weighted by Crippen LogP contribution is 2.35. The Kier molecular flexibility index (Phi) is 3.28. The quantitative estimate of drug-likeness (QED) is 0.708. The fourth-order valence-electron chi connectivity index (χ4n) is 2.57. The molecule has 1 heterocycles. The minimum atomic E-state index is 0.185. The zero-order valence-corrected chi connectivity index (χ0v) is 12.6. The molecule has 0 saturated carbocycles. The van der Waals surface area contributed by atoms with Crippen molar-refractivity contribution in [2.45, 2.75) is 40.8 Å². The molecule has 0 radical (unpaired) electrons. The van der Waals surface area contributed by atoms with Crippen molar-refractivity contribution in [2.24, 2.45) is 0 Å². The van der Waals surface area contributed by atoms with Gasteiger partial charge in [0.15, 0.2) is 6.17 Å². The fraction of sp³-hybridized carbons (Fsp3) is 0.438. The van der Waals surface area contributed by atoms with E-state index in [-0.39, 0.29) is 6.17 Å². The van der Waals surface area contributed by atoms with Gasteiger partial charge >= 0.3 is 0 Å². The van der Waals surface area contributed by atoms with Gasteiger partial charge in [0.25, 0.3) is 0 Å². The summed E-state index contributed by atoms with van der Waals surface area (Å²) in [6.07, 6.45) is 2.10. The smallest absolute Gasteiger partial charge is 0.247 e. The maximum absolute atomic E-state index is 7.37. The SMILES string of the molecule is [C-]#[N+]C1=CN(C)[C@H](C)N1c1cc(C)c(C)c(C)c1C. The molecule has 0 bridgehead atoms. The average molecular weight is 255 g/mol. The molecule has 0 fully saturated rings. The van der Waals surface area contributed by atoms with Crippen LogP contribution in [-0.2, 0) is 0 Å². The van der Waals surface area contributed by atoms with E-state index in [0.29, 0.717) is 5.82 Å². The van der Waals surface area contributed by atoms with E-state index in [9.17, 15) is 0 Å². The summed E-state index contributed by atoms with van der Waals surface area (Å²) in [6, 6.07) is 2.20. The third-order valence-corrected chi connectivity index (χ3v) is 4.36. The van der Waals surface area contributed by atoms with Crippen LogP contribution in [0.1, 0.15) is 29.2 Å². The van der Waals surface area contributed by atoms with Crippen molar-refractivity contribution >= 4 is 5.69 Å². The van der Waals surface area contributed by atoms with Crippen LogP contribution < -0.4 is 4.90 Å². The molecule has 3 nitrogen and oxygen atoms in total. The Morgan fingerprint density at radius 3 is 2.32 bits per heavy atom. The van der Waals surface area contributed by atoms with Gasteiger partial charge in [-0.2, -0.15) is 0 Å². The number of hydrogen-bond donors (Lipinski definition) is 0. The molecule has 0 spiro atoms. The molecule has 0 saturated heterocycles. The molecule has 19 heavy (non-hydrogen) atoms. The second kappa shape index (κ2) is 4.62. The Morgan fingerprint density at radius 1 is 1.11 bits per heavy atom. The van der Waals surface area contributed by atoms with Crippen molar-refractivity contribution in [1.29, 1.82) is 0 Å². The lowest BCUT2D eigenvalue weighted by molar-refractivity contribution is 0.382. The first kappa shape index (κ1) is 13.5. The topological polar surface area (TPSA) is 10.8 Å². The summed E-state index contributed by atoms with van der Waals surface area (Å²) in [5.74, 6) is 0.695. The predicted molar refractivity (Wildman–Crippen MR) is 79.8 cm³/mol. The predicted octanol–water partition coefficient (Wildman–Crippen LogP) is 3.74. The lowest BCUT2D eigenvalue weighted by Gasteiger charge is -2.27. The van der Waals surface area contributed by atoms with Crippen LogP contribution in [0, 0.1) is 34.3 Å². The number of aryl methyl sites for hydroxylation is 1. The van der Waals surface area contributed by atoms with Gasteiger partial charge in [-0.1, -0.05) is 6.57 Å². The summed E-state index contributed by atoms with van der Waals surface area (Å²) in [5.41, 5.74) is 6.36. The van der Waals surface area contributed by atoms with Crippen molar-refractivity contribution < 1.29 is 0 Å². The van der Waals surface area contributed by atoms with Crippen molar-refractivity contribution in [1.82, 2.24) is 4.90 Å². The zero-order chi connectivity index (χ0) is 14.3. The van der Waals surface area contributed by atoms with Crippen molar-refractivity contribution in [3.63, 3.8) is 0 Å². The number of nitrogens with zero attached hydrogens (tertiary/aromatic N) is 3. The Morgan fingerprint density at radius 2 is 1.74 bits per heavy atom. The molecule has 1 aromatic carbocycles. The van der Waals surface area contributed by atoms with E-state index in [1.54, 1.807) is 0 Å². The number of hydrogen-bond acceptors (Lipinski definition) is 2. The first-order valence-electron chi connectivity index (χ1n) is 6.56. The fourth-order valence-corrected chi connectivity index (χ4v) is 2.57. The molecule has 1 aliphatic heterocycles. The lowest BCUT2D eigenvalue weighted by atomic mass is 9.97. The zero-order valence-electron chi connectivity index (χ0n) is 12.6. The molecule has 0 unspecified atom stereocenters. The van der Waals surface area contributed by atoms with Gasteiger partial charge in [0, 0.05) is 13.2 Å². The van der Waals surface area contributed by atoms with E-state index >= 15 is 0 Å². The van der Waals surface area contributed by atoms with Crippen LogP contribution in [0.5, 0.6) is 0 Å². The van der Waals surface area contributed by atoms with Gasteiger partial charge in [-0.05, 0) is 62.9 Å². The minimum absolute atomic E-state index is 0.185. The van der Waals surface area contributed by atoms with Crippen molar-refractivity contribution in [3.05, 3.63) is 51.8 Å². The van der Waals surface area contributed by atoms with Gasteiger partial charge in [-0.3, -0.25) is 4.90 Å². The number of benzene rings is 1. The first-order valence-corrected chi connectivity index (χ1v) is 6.56. The molecule has 0 aromatic heterocycles. The van der Waals surface area contributed by atoms with Crippen LogP contribution in [0.2, 0.25) is 0 Å². The van der Waals surface area contributed by atoms with Crippen molar-refractivity contribution in [2.75, 3.05) is 11.9 Å². The Bertz CT molecular complexity index is 593. The molecule has 1 aliphatic rings. The normalized spacial score (nSPS) is 18.6. The van der Waals surface area contributed by atoms with Crippen LogP contribution in [0.3, 0.4) is 0 Å². The summed E-state index contributed by atoms with van der Waals surface area (Å²) in [5, 5.41) is 0. The van der Waals surface area contributed by atoms with Crippen LogP contribution in [-0.4, -0.2) is 18.1 Å². The van der Waals surface area contributed by atoms with Crippen LogP contribution >= 0.6 is 0 Å². The highest BCUT2D eigenvalue weighted by Gasteiger charge is 2.32. The van der Waals surface area contributed by atoms with Gasteiger partial charge in [0.2, 0.25) is 5.82 Å². The van der Waals surface area contributed by atoms with Gasteiger partial charge in [-0.15, -0.1) is 0 Å². The summed E-state index contributed by atoms with van der Waals surface area (Å²) in [6.45, 7) is 18.1. The van der Waals surface area contributed by atoms with Gasteiger partial charge in [-0.25, -0.2) is 0 Å². The Labute approximate surface area is 116 Å². The standard InChI is InChI=1S/C16H21N3/c1-10-8-15(13(4)12(3)11(10)2)19-14(5)18(7)9-16(19)17-6/h8-9,14H,1-5,7H3/t14-/m0/s1. The Balaban J connectivity index is 2.61. The second-order valence-corrected chi connectivity index (χ2v) is 5.35. The van der Waals surface area contributed by atoms with E-state index in [1.807, 2.05) is 13.2 Å². The summed E-state index contributed by atoms with van der Waals surface area (Å²) in [7, 11) is 2.01. The molecule has 0 aliphatic carbocycles. The van der Waals surface area contributed by atoms with E-state index in [2.05, 4.69) is 55.3 Å². The molecule has 0 N–H and O–H groups in total. The van der Waals surface area contributed by atoms with E-state index in [0.717, 1.165) is 5.69 Å². The van der Waals surface area contributed by atoms with Gasteiger partial charge in [0.05, 0.1) is 0 Å². The van der Waals surface area contributed by atoms with Gasteiger partial charge < -0.3 is 9.74 Å². The van der Waals surface area contributed by atoms with E-state index in [4.69, 9.17) is 6.57 Å². The summed E-state index contributed by atoms with van der Waals surface area (Å²) in [4.78, 5) is 7.87. The van der Waals surface area contributed by atoms with E-state index in [1.165, 1.54) is 22.3 Å². The minimum Gasteiger partial charge on any atom is -0.363 e. The molecular weight excluding hydrogens is 234 g/mol. The molecule has 3 heteroatoms. The summed E-state index contributed by atoms with van der Waals surface area (Å²) >= 11 is 0.